The van der Waals surface area contributed by atoms with Crippen LogP contribution in [0.25, 0.3) is 0 Å². The van der Waals surface area contributed by atoms with E-state index in [1.165, 1.54) is 0 Å². The summed E-state index contributed by atoms with van der Waals surface area (Å²) in [5.74, 6) is -0.0101. The van der Waals surface area contributed by atoms with Crippen molar-refractivity contribution in [3.05, 3.63) is 58.6 Å². The molecular formula is C19H18ClN3O2S. The second kappa shape index (κ2) is 6.14. The van der Waals surface area contributed by atoms with Gasteiger partial charge in [0, 0.05) is 16.3 Å². The fourth-order valence-corrected chi connectivity index (χ4v) is 4.15. The highest BCUT2D eigenvalue weighted by Crippen LogP contribution is 2.46. The van der Waals surface area contributed by atoms with Crippen LogP contribution in [0.1, 0.15) is 24.1 Å². The highest BCUT2D eigenvalue weighted by Gasteiger charge is 2.54. The second-order valence-electron chi connectivity index (χ2n) is 6.75. The van der Waals surface area contributed by atoms with E-state index in [0.717, 1.165) is 16.8 Å². The summed E-state index contributed by atoms with van der Waals surface area (Å²) < 4.78 is 6.16. The smallest absolute Gasteiger partial charge is 0.236 e. The summed E-state index contributed by atoms with van der Waals surface area (Å²) in [7, 11) is 0. The molecular weight excluding hydrogens is 370 g/mol. The minimum absolute atomic E-state index is 0.153. The molecule has 2 aromatic carbocycles. The number of para-hydroxylation sites is 1. The molecule has 134 valence electrons. The first-order valence-electron chi connectivity index (χ1n) is 8.31. The van der Waals surface area contributed by atoms with E-state index in [0.29, 0.717) is 15.9 Å². The number of carbonyl (C=O) groups excluding carboxylic acids is 1. The zero-order valence-corrected chi connectivity index (χ0v) is 15.9. The number of ether oxygens (including phenoxy) is 1. The molecule has 2 heterocycles. The largest absolute Gasteiger partial charge is 0.467 e. The van der Waals surface area contributed by atoms with Crippen molar-refractivity contribution >= 4 is 40.5 Å². The normalized spacial score (nSPS) is 26.0. The van der Waals surface area contributed by atoms with Gasteiger partial charge in [-0.3, -0.25) is 4.79 Å². The van der Waals surface area contributed by atoms with Crippen LogP contribution in [0.3, 0.4) is 0 Å². The molecule has 1 fully saturated rings. The maximum absolute atomic E-state index is 13.2. The fourth-order valence-electron chi connectivity index (χ4n) is 3.64. The second-order valence-corrected chi connectivity index (χ2v) is 7.59. The molecule has 2 aliphatic heterocycles. The topological polar surface area (TPSA) is 62.4 Å². The summed E-state index contributed by atoms with van der Waals surface area (Å²) in [5, 5.41) is 10.4. The van der Waals surface area contributed by atoms with Gasteiger partial charge in [0.25, 0.3) is 0 Å². The van der Waals surface area contributed by atoms with E-state index in [-0.39, 0.29) is 11.9 Å². The van der Waals surface area contributed by atoms with Crippen molar-refractivity contribution < 1.29 is 9.53 Å². The van der Waals surface area contributed by atoms with E-state index in [2.05, 4.69) is 16.0 Å². The molecule has 5 nitrogen and oxygen atoms in total. The first-order valence-corrected chi connectivity index (χ1v) is 9.10. The summed E-state index contributed by atoms with van der Waals surface area (Å²) in [6, 6.07) is 12.7. The highest BCUT2D eigenvalue weighted by molar-refractivity contribution is 7.80. The van der Waals surface area contributed by atoms with Crippen LogP contribution in [0.5, 0.6) is 5.75 Å². The maximum atomic E-state index is 13.2. The quantitative estimate of drug-likeness (QED) is 0.688. The lowest BCUT2D eigenvalue weighted by Crippen LogP contribution is -2.70. The predicted octanol–water partition coefficient (Wildman–Crippen LogP) is 3.53. The zero-order valence-electron chi connectivity index (χ0n) is 14.3. The van der Waals surface area contributed by atoms with Gasteiger partial charge in [0.1, 0.15) is 11.7 Å². The number of halogens is 1. The van der Waals surface area contributed by atoms with E-state index in [1.54, 1.807) is 6.07 Å². The van der Waals surface area contributed by atoms with E-state index in [9.17, 15) is 4.79 Å². The minimum Gasteiger partial charge on any atom is -0.467 e. The standard InChI is InChI=1S/C19H18ClN3O2S/c1-10-5-3-4-6-13(10)21-17(24)15-16-12-9-11(20)7-8-14(12)25-19(15,2)23-18(26)22-16/h3-9,15-16H,1-2H3,(H,21,24)(H2,22,23,26)/t15-,16-,19+/m1/s1. The van der Waals surface area contributed by atoms with Gasteiger partial charge in [0.05, 0.1) is 6.04 Å². The maximum Gasteiger partial charge on any atom is 0.236 e. The van der Waals surface area contributed by atoms with Crippen molar-refractivity contribution in [1.82, 2.24) is 10.6 Å². The number of carbonyl (C=O) groups is 1. The van der Waals surface area contributed by atoms with Gasteiger partial charge < -0.3 is 20.7 Å². The molecule has 26 heavy (non-hydrogen) atoms. The molecule has 0 saturated carbocycles. The lowest BCUT2D eigenvalue weighted by Gasteiger charge is -2.50. The molecule has 4 rings (SSSR count). The summed E-state index contributed by atoms with van der Waals surface area (Å²) in [6.45, 7) is 3.79. The van der Waals surface area contributed by atoms with Gasteiger partial charge in [-0.1, -0.05) is 29.8 Å². The SMILES string of the molecule is Cc1ccccc1NC(=O)[C@H]1[C@@H]2NC(=S)N[C@@]1(C)Oc1ccc(Cl)cc12. The Labute approximate surface area is 162 Å². The van der Waals surface area contributed by atoms with Crippen molar-refractivity contribution in [2.24, 2.45) is 5.92 Å². The van der Waals surface area contributed by atoms with Crippen molar-refractivity contribution in [2.75, 3.05) is 5.32 Å². The third-order valence-corrected chi connectivity index (χ3v) is 5.34. The first-order chi connectivity index (χ1) is 12.4. The van der Waals surface area contributed by atoms with Gasteiger partial charge in [-0.25, -0.2) is 0 Å². The first kappa shape index (κ1) is 17.1. The number of thiocarbonyl (C=S) groups is 1. The Bertz CT molecular complexity index is 919. The van der Waals surface area contributed by atoms with E-state index in [4.69, 9.17) is 28.6 Å². The number of fused-ring (bicyclic) bond motifs is 4. The van der Waals surface area contributed by atoms with Crippen molar-refractivity contribution in [3.8, 4) is 5.75 Å². The Morgan fingerprint density at radius 2 is 2.08 bits per heavy atom. The zero-order chi connectivity index (χ0) is 18.5. The van der Waals surface area contributed by atoms with E-state index in [1.807, 2.05) is 50.2 Å². The van der Waals surface area contributed by atoms with Crippen molar-refractivity contribution in [1.29, 1.82) is 0 Å². The van der Waals surface area contributed by atoms with Crippen LogP contribution in [-0.4, -0.2) is 16.7 Å². The van der Waals surface area contributed by atoms with Gasteiger partial charge >= 0.3 is 0 Å². The average molecular weight is 388 g/mol. The Morgan fingerprint density at radius 1 is 1.31 bits per heavy atom. The third-order valence-electron chi connectivity index (χ3n) is 4.89. The molecule has 0 aromatic heterocycles. The van der Waals surface area contributed by atoms with Gasteiger partial charge in [-0.2, -0.15) is 0 Å². The number of anilines is 1. The van der Waals surface area contributed by atoms with E-state index >= 15 is 0 Å². The molecule has 0 aliphatic carbocycles. The van der Waals surface area contributed by atoms with E-state index < -0.39 is 11.6 Å². The Morgan fingerprint density at radius 3 is 2.85 bits per heavy atom. The van der Waals surface area contributed by atoms with Crippen LogP contribution >= 0.6 is 23.8 Å². The number of amides is 1. The Hall–Kier alpha value is -2.31. The lowest BCUT2D eigenvalue weighted by molar-refractivity contribution is -0.132. The van der Waals surface area contributed by atoms with Gasteiger partial charge in [0.2, 0.25) is 5.91 Å². The Balaban J connectivity index is 1.74. The fraction of sp³-hybridized carbons (Fsp3) is 0.263. The third kappa shape index (κ3) is 2.79. The summed E-state index contributed by atoms with van der Waals surface area (Å²) in [6.07, 6.45) is 0. The molecule has 2 aromatic rings. The molecule has 0 spiro atoms. The molecule has 0 unspecified atom stereocenters. The van der Waals surface area contributed by atoms with Crippen LogP contribution in [0.2, 0.25) is 5.02 Å². The molecule has 2 aliphatic rings. The predicted molar refractivity (Wildman–Crippen MR) is 105 cm³/mol. The van der Waals surface area contributed by atoms with Crippen LogP contribution < -0.4 is 20.7 Å². The molecule has 0 radical (unpaired) electrons. The summed E-state index contributed by atoms with van der Waals surface area (Å²) >= 11 is 11.5. The number of hydrogen-bond donors (Lipinski definition) is 3. The van der Waals surface area contributed by atoms with Crippen LogP contribution in [0.4, 0.5) is 5.69 Å². The van der Waals surface area contributed by atoms with Gasteiger partial charge in [0.15, 0.2) is 10.8 Å². The number of benzene rings is 2. The minimum atomic E-state index is -0.958. The molecule has 3 atom stereocenters. The monoisotopic (exact) mass is 387 g/mol. The van der Waals surface area contributed by atoms with Crippen molar-refractivity contribution in [2.45, 2.75) is 25.6 Å². The summed E-state index contributed by atoms with van der Waals surface area (Å²) in [4.78, 5) is 13.2. The summed E-state index contributed by atoms with van der Waals surface area (Å²) in [5.41, 5.74) is 1.64. The molecule has 7 heteroatoms. The molecule has 2 bridgehead atoms. The average Bonchev–Trinajstić information content (AvgIpc) is 2.56. The highest BCUT2D eigenvalue weighted by atomic mass is 35.5. The van der Waals surface area contributed by atoms with Gasteiger partial charge in [-0.05, 0) is 55.9 Å². The number of hydrogen-bond acceptors (Lipinski definition) is 3. The number of nitrogens with one attached hydrogen (secondary N) is 3. The molecule has 1 amide bonds. The molecule has 1 saturated heterocycles. The van der Waals surface area contributed by atoms with Crippen molar-refractivity contribution in [3.63, 3.8) is 0 Å². The van der Waals surface area contributed by atoms with Gasteiger partial charge in [-0.15, -0.1) is 0 Å². The molecule has 3 N–H and O–H groups in total. The Kier molecular flexibility index (Phi) is 4.04. The number of rotatable bonds is 2. The number of aryl methyl sites for hydroxylation is 1. The lowest BCUT2D eigenvalue weighted by atomic mass is 9.80. The van der Waals surface area contributed by atoms with Crippen LogP contribution in [0.15, 0.2) is 42.5 Å². The van der Waals surface area contributed by atoms with Crippen LogP contribution in [0, 0.1) is 12.8 Å². The van der Waals surface area contributed by atoms with Crippen LogP contribution in [-0.2, 0) is 4.79 Å².